The smallest absolute Gasteiger partial charge is 0.292 e. The summed E-state index contributed by atoms with van der Waals surface area (Å²) in [5.74, 6) is 0. The monoisotopic (exact) mass is 278 g/mol. The Labute approximate surface area is 124 Å². The van der Waals surface area contributed by atoms with Gasteiger partial charge in [-0.05, 0) is 17.7 Å². The molecular formula is C18H18N2O. The number of aliphatic imine (C=N–C) groups is 1. The van der Waals surface area contributed by atoms with Gasteiger partial charge >= 0.3 is 6.03 Å². The molecule has 3 rings (SSSR count). The lowest BCUT2D eigenvalue weighted by Gasteiger charge is -2.37. The summed E-state index contributed by atoms with van der Waals surface area (Å²) >= 11 is 0. The second-order valence-electron chi connectivity index (χ2n) is 5.91. The average Bonchev–Trinajstić information content (AvgIpc) is 2.51. The van der Waals surface area contributed by atoms with Gasteiger partial charge in [-0.2, -0.15) is 4.99 Å². The van der Waals surface area contributed by atoms with Crippen LogP contribution in [-0.4, -0.2) is 18.3 Å². The van der Waals surface area contributed by atoms with Crippen molar-refractivity contribution in [3.05, 3.63) is 66.2 Å². The molecule has 0 unspecified atom stereocenters. The minimum atomic E-state index is -0.195. The van der Waals surface area contributed by atoms with Crippen molar-refractivity contribution in [1.29, 1.82) is 0 Å². The zero-order valence-electron chi connectivity index (χ0n) is 12.3. The number of benzene rings is 2. The molecule has 3 heteroatoms. The summed E-state index contributed by atoms with van der Waals surface area (Å²) in [6, 6.07) is 19.4. The van der Waals surface area contributed by atoms with Crippen LogP contribution in [0.3, 0.4) is 0 Å². The minimum absolute atomic E-state index is 0.189. The minimum Gasteiger partial charge on any atom is -0.292 e. The Balaban J connectivity index is 2.01. The van der Waals surface area contributed by atoms with E-state index in [1.54, 1.807) is 4.90 Å². The zero-order chi connectivity index (χ0) is 14.9. The van der Waals surface area contributed by atoms with Crippen LogP contribution in [0.2, 0.25) is 0 Å². The number of urea groups is 1. The quantitative estimate of drug-likeness (QED) is 0.812. The van der Waals surface area contributed by atoms with Crippen LogP contribution in [0, 0.1) is 5.41 Å². The third-order valence-corrected chi connectivity index (χ3v) is 3.75. The number of amides is 2. The van der Waals surface area contributed by atoms with E-state index in [1.165, 1.54) is 0 Å². The number of carbonyl (C=O) groups excluding carboxylic acids is 1. The maximum atomic E-state index is 12.4. The molecule has 0 fully saturated rings. The summed E-state index contributed by atoms with van der Waals surface area (Å²) in [6.45, 7) is 4.88. The Morgan fingerprint density at radius 2 is 1.52 bits per heavy atom. The van der Waals surface area contributed by atoms with Crippen LogP contribution in [0.5, 0.6) is 0 Å². The molecule has 2 aromatic rings. The molecule has 106 valence electrons. The first-order valence-electron chi connectivity index (χ1n) is 7.09. The Morgan fingerprint density at radius 1 is 0.952 bits per heavy atom. The molecule has 0 N–H and O–H groups in total. The molecule has 0 spiro atoms. The molecule has 1 aliphatic rings. The number of hydrogen-bond donors (Lipinski definition) is 0. The molecule has 0 radical (unpaired) electrons. The summed E-state index contributed by atoms with van der Waals surface area (Å²) in [5, 5.41) is 0. The number of anilines is 1. The van der Waals surface area contributed by atoms with E-state index in [4.69, 9.17) is 0 Å². The van der Waals surface area contributed by atoms with Crippen molar-refractivity contribution in [2.24, 2.45) is 10.4 Å². The van der Waals surface area contributed by atoms with Crippen LogP contribution in [0.4, 0.5) is 10.5 Å². The van der Waals surface area contributed by atoms with Crippen molar-refractivity contribution in [1.82, 2.24) is 0 Å². The van der Waals surface area contributed by atoms with Gasteiger partial charge in [-0.3, -0.25) is 4.90 Å². The second kappa shape index (κ2) is 5.17. The normalized spacial score (nSPS) is 17.5. The van der Waals surface area contributed by atoms with E-state index >= 15 is 0 Å². The van der Waals surface area contributed by atoms with Crippen molar-refractivity contribution in [2.45, 2.75) is 13.8 Å². The molecule has 3 nitrogen and oxygen atoms in total. The summed E-state index contributed by atoms with van der Waals surface area (Å²) in [6.07, 6.45) is 0. The summed E-state index contributed by atoms with van der Waals surface area (Å²) < 4.78 is 0. The van der Waals surface area contributed by atoms with E-state index in [0.717, 1.165) is 17.0 Å². The molecule has 1 heterocycles. The number of carbonyl (C=O) groups is 1. The average molecular weight is 278 g/mol. The van der Waals surface area contributed by atoms with Gasteiger partial charge in [-0.25, -0.2) is 4.79 Å². The summed E-state index contributed by atoms with van der Waals surface area (Å²) in [7, 11) is 0. The molecule has 21 heavy (non-hydrogen) atoms. The van der Waals surface area contributed by atoms with Gasteiger partial charge in [0.25, 0.3) is 0 Å². The highest BCUT2D eigenvalue weighted by Crippen LogP contribution is 2.31. The van der Waals surface area contributed by atoms with Crippen molar-refractivity contribution in [3.8, 4) is 0 Å². The van der Waals surface area contributed by atoms with E-state index in [1.807, 2.05) is 60.7 Å². The first-order chi connectivity index (χ1) is 10.1. The van der Waals surface area contributed by atoms with Gasteiger partial charge in [0, 0.05) is 17.6 Å². The largest absolute Gasteiger partial charge is 0.348 e. The lowest BCUT2D eigenvalue weighted by molar-refractivity contribution is 0.250. The Hall–Kier alpha value is -2.42. The first-order valence-corrected chi connectivity index (χ1v) is 7.09. The highest BCUT2D eigenvalue weighted by atomic mass is 16.2. The van der Waals surface area contributed by atoms with Gasteiger partial charge in [-0.1, -0.05) is 62.4 Å². The summed E-state index contributed by atoms with van der Waals surface area (Å²) in [4.78, 5) is 18.5. The molecule has 2 amide bonds. The van der Waals surface area contributed by atoms with Gasteiger partial charge < -0.3 is 0 Å². The molecule has 0 bridgehead atoms. The predicted octanol–water partition coefficient (Wildman–Crippen LogP) is 4.14. The van der Waals surface area contributed by atoms with E-state index < -0.39 is 0 Å². The standard InChI is InChI=1S/C18H18N2O/c1-18(2)13-20(15-11-7-4-8-12-15)17(21)19-16(18)14-9-5-3-6-10-14/h3-12H,13H2,1-2H3. The fourth-order valence-electron chi connectivity index (χ4n) is 2.71. The molecule has 1 aliphatic heterocycles. The van der Waals surface area contributed by atoms with Crippen LogP contribution in [0.1, 0.15) is 19.4 Å². The summed E-state index contributed by atoms with van der Waals surface area (Å²) in [5.41, 5.74) is 2.58. The SMILES string of the molecule is CC1(C)CN(c2ccccc2)C(=O)N=C1c1ccccc1. The van der Waals surface area contributed by atoms with Gasteiger partial charge in [-0.15, -0.1) is 0 Å². The maximum absolute atomic E-state index is 12.4. The van der Waals surface area contributed by atoms with E-state index in [2.05, 4.69) is 18.8 Å². The molecule has 0 atom stereocenters. The van der Waals surface area contributed by atoms with Crippen molar-refractivity contribution in [2.75, 3.05) is 11.4 Å². The van der Waals surface area contributed by atoms with Crippen LogP contribution < -0.4 is 4.90 Å². The fraction of sp³-hybridized carbons (Fsp3) is 0.222. The van der Waals surface area contributed by atoms with Crippen LogP contribution in [0.25, 0.3) is 0 Å². The number of nitrogens with zero attached hydrogens (tertiary/aromatic N) is 2. The van der Waals surface area contributed by atoms with E-state index in [9.17, 15) is 4.79 Å². The van der Waals surface area contributed by atoms with E-state index in [0.29, 0.717) is 6.54 Å². The molecule has 0 aromatic heterocycles. The predicted molar refractivity (Wildman–Crippen MR) is 85.9 cm³/mol. The number of hydrogen-bond acceptors (Lipinski definition) is 1. The second-order valence-corrected chi connectivity index (χ2v) is 5.91. The lowest BCUT2D eigenvalue weighted by Crippen LogP contribution is -2.47. The van der Waals surface area contributed by atoms with Crippen molar-refractivity contribution >= 4 is 17.4 Å². The van der Waals surface area contributed by atoms with Crippen LogP contribution in [0.15, 0.2) is 65.7 Å². The van der Waals surface area contributed by atoms with Gasteiger partial charge in [0.2, 0.25) is 0 Å². The lowest BCUT2D eigenvalue weighted by atomic mass is 9.81. The fourth-order valence-corrected chi connectivity index (χ4v) is 2.71. The Bertz CT molecular complexity index is 675. The topological polar surface area (TPSA) is 32.7 Å². The Kier molecular flexibility index (Phi) is 3.34. The number of para-hydroxylation sites is 1. The number of rotatable bonds is 2. The van der Waals surface area contributed by atoms with Crippen molar-refractivity contribution < 1.29 is 4.79 Å². The third-order valence-electron chi connectivity index (χ3n) is 3.75. The molecule has 0 saturated carbocycles. The molecule has 0 aliphatic carbocycles. The third kappa shape index (κ3) is 2.59. The van der Waals surface area contributed by atoms with Gasteiger partial charge in [0.05, 0.1) is 5.71 Å². The first kappa shape index (κ1) is 13.6. The van der Waals surface area contributed by atoms with Gasteiger partial charge in [0.15, 0.2) is 0 Å². The maximum Gasteiger partial charge on any atom is 0.348 e. The van der Waals surface area contributed by atoms with Crippen molar-refractivity contribution in [3.63, 3.8) is 0 Å². The van der Waals surface area contributed by atoms with Crippen LogP contribution >= 0.6 is 0 Å². The molecule has 2 aromatic carbocycles. The van der Waals surface area contributed by atoms with Crippen LogP contribution in [-0.2, 0) is 0 Å². The Morgan fingerprint density at radius 3 is 2.14 bits per heavy atom. The molecular weight excluding hydrogens is 260 g/mol. The highest BCUT2D eigenvalue weighted by molar-refractivity contribution is 6.14. The van der Waals surface area contributed by atoms with E-state index in [-0.39, 0.29) is 11.4 Å². The van der Waals surface area contributed by atoms with Gasteiger partial charge in [0.1, 0.15) is 0 Å². The highest BCUT2D eigenvalue weighted by Gasteiger charge is 2.36. The molecule has 0 saturated heterocycles. The zero-order valence-corrected chi connectivity index (χ0v) is 12.3.